The number of carbonyl (C=O) groups excluding carboxylic acids is 1. The molecule has 0 radical (unpaired) electrons. The third-order valence-electron chi connectivity index (χ3n) is 3.68. The Hall–Kier alpha value is -3.18. The van der Waals surface area contributed by atoms with Gasteiger partial charge in [-0.2, -0.15) is 31.4 Å². The van der Waals surface area contributed by atoms with E-state index in [2.05, 4.69) is 25.8 Å². The quantitative estimate of drug-likeness (QED) is 0.441. The van der Waals surface area contributed by atoms with E-state index < -0.39 is 41.0 Å². The molecule has 0 aliphatic carbocycles. The predicted octanol–water partition coefficient (Wildman–Crippen LogP) is 3.56. The molecule has 0 spiro atoms. The zero-order valence-corrected chi connectivity index (χ0v) is 15.1. The molecule has 0 saturated carbocycles. The molecule has 6 nitrogen and oxygen atoms in total. The molecular formula is C17H15F6N5O. The summed E-state index contributed by atoms with van der Waals surface area (Å²) in [6, 6.07) is -0.206. The van der Waals surface area contributed by atoms with E-state index in [9.17, 15) is 31.1 Å². The van der Waals surface area contributed by atoms with Crippen LogP contribution in [0.15, 0.2) is 35.7 Å². The van der Waals surface area contributed by atoms with Crippen LogP contribution in [-0.2, 0) is 12.4 Å². The SMILES string of the molecule is CN/N=C\c1nccnc1C(C)NC(=O)c1cc(C(F)(F)F)cc(C(F)(F)F)c1. The highest BCUT2D eigenvalue weighted by Crippen LogP contribution is 2.36. The number of carbonyl (C=O) groups is 1. The van der Waals surface area contributed by atoms with Gasteiger partial charge in [-0.3, -0.25) is 14.8 Å². The Morgan fingerprint density at radius 2 is 1.59 bits per heavy atom. The molecule has 0 fully saturated rings. The summed E-state index contributed by atoms with van der Waals surface area (Å²) in [5, 5.41) is 6.09. The Morgan fingerprint density at radius 1 is 1.03 bits per heavy atom. The van der Waals surface area contributed by atoms with Gasteiger partial charge in [-0.15, -0.1) is 0 Å². The van der Waals surface area contributed by atoms with Crippen molar-refractivity contribution in [1.82, 2.24) is 20.7 Å². The molecule has 1 aromatic heterocycles. The van der Waals surface area contributed by atoms with Crippen LogP contribution in [0.3, 0.4) is 0 Å². The lowest BCUT2D eigenvalue weighted by Gasteiger charge is -2.17. The molecule has 2 rings (SSSR count). The molecule has 0 saturated heterocycles. The first-order valence-corrected chi connectivity index (χ1v) is 8.04. The minimum Gasteiger partial charge on any atom is -0.344 e. The lowest BCUT2D eigenvalue weighted by Crippen LogP contribution is -2.29. The molecule has 0 bridgehead atoms. The number of rotatable bonds is 5. The minimum atomic E-state index is -5.05. The Morgan fingerprint density at radius 3 is 2.10 bits per heavy atom. The molecule has 1 heterocycles. The molecule has 1 atom stereocenters. The molecule has 1 aromatic carbocycles. The van der Waals surface area contributed by atoms with Crippen molar-refractivity contribution >= 4 is 12.1 Å². The van der Waals surface area contributed by atoms with Gasteiger partial charge < -0.3 is 10.7 Å². The maximum Gasteiger partial charge on any atom is 0.416 e. The Bertz CT molecular complexity index is 878. The smallest absolute Gasteiger partial charge is 0.344 e. The van der Waals surface area contributed by atoms with Crippen molar-refractivity contribution in [2.24, 2.45) is 5.10 Å². The normalized spacial score (nSPS) is 13.4. The number of alkyl halides is 6. The van der Waals surface area contributed by atoms with Crippen molar-refractivity contribution in [3.63, 3.8) is 0 Å². The Labute approximate surface area is 161 Å². The number of hydrazone groups is 1. The summed E-state index contributed by atoms with van der Waals surface area (Å²) in [7, 11) is 1.53. The number of hydrogen-bond acceptors (Lipinski definition) is 5. The minimum absolute atomic E-state index is 0.0464. The van der Waals surface area contributed by atoms with Crippen LogP contribution in [0, 0.1) is 0 Å². The van der Waals surface area contributed by atoms with Gasteiger partial charge in [-0.25, -0.2) is 0 Å². The molecule has 12 heteroatoms. The topological polar surface area (TPSA) is 79.3 Å². The first-order valence-electron chi connectivity index (χ1n) is 8.04. The summed E-state index contributed by atoms with van der Waals surface area (Å²) in [4.78, 5) is 20.4. The van der Waals surface area contributed by atoms with Crippen LogP contribution in [0.1, 0.15) is 45.8 Å². The average molecular weight is 419 g/mol. The standard InChI is InChI=1S/C17H15F6N5O/c1-9(14-13(8-27-24-2)25-3-4-26-14)28-15(29)10-5-11(16(18,19)20)7-12(6-10)17(21,22)23/h3-9,24H,1-2H3,(H,28,29)/b27-8-. The number of nitrogens with zero attached hydrogens (tertiary/aromatic N) is 3. The molecule has 2 aromatic rings. The van der Waals surface area contributed by atoms with Gasteiger partial charge in [0.15, 0.2) is 0 Å². The van der Waals surface area contributed by atoms with Gasteiger partial charge in [0.25, 0.3) is 5.91 Å². The van der Waals surface area contributed by atoms with Gasteiger partial charge in [0.05, 0.1) is 29.1 Å². The summed E-state index contributed by atoms with van der Waals surface area (Å²) < 4.78 is 77.8. The van der Waals surface area contributed by atoms with Crippen LogP contribution in [0.4, 0.5) is 26.3 Å². The van der Waals surface area contributed by atoms with Crippen molar-refractivity contribution < 1.29 is 31.1 Å². The maximum atomic E-state index is 13.0. The lowest BCUT2D eigenvalue weighted by molar-refractivity contribution is -0.143. The highest BCUT2D eigenvalue weighted by molar-refractivity contribution is 5.95. The van der Waals surface area contributed by atoms with Crippen molar-refractivity contribution in [3.8, 4) is 0 Å². The summed E-state index contributed by atoms with van der Waals surface area (Å²) in [5.74, 6) is -1.13. The first-order chi connectivity index (χ1) is 13.4. The van der Waals surface area contributed by atoms with E-state index >= 15 is 0 Å². The molecule has 0 aliphatic heterocycles. The molecular weight excluding hydrogens is 404 g/mol. The van der Waals surface area contributed by atoms with Crippen LogP contribution in [0.5, 0.6) is 0 Å². The van der Waals surface area contributed by atoms with Gasteiger partial charge in [-0.05, 0) is 25.1 Å². The van der Waals surface area contributed by atoms with E-state index in [0.29, 0.717) is 12.1 Å². The van der Waals surface area contributed by atoms with E-state index in [-0.39, 0.29) is 17.5 Å². The third kappa shape index (κ3) is 5.65. The number of hydrogen-bond donors (Lipinski definition) is 2. The number of halogens is 6. The van der Waals surface area contributed by atoms with Gasteiger partial charge in [0, 0.05) is 25.0 Å². The molecule has 156 valence electrons. The van der Waals surface area contributed by atoms with Crippen molar-refractivity contribution in [1.29, 1.82) is 0 Å². The second-order valence-corrected chi connectivity index (χ2v) is 5.80. The lowest BCUT2D eigenvalue weighted by atomic mass is 10.0. The largest absolute Gasteiger partial charge is 0.416 e. The predicted molar refractivity (Wildman–Crippen MR) is 91.0 cm³/mol. The van der Waals surface area contributed by atoms with Crippen LogP contribution in [0.25, 0.3) is 0 Å². The second-order valence-electron chi connectivity index (χ2n) is 5.80. The second kappa shape index (κ2) is 8.45. The monoisotopic (exact) mass is 419 g/mol. The zero-order valence-electron chi connectivity index (χ0n) is 15.1. The highest BCUT2D eigenvalue weighted by Gasteiger charge is 2.37. The number of nitrogens with one attached hydrogen (secondary N) is 2. The van der Waals surface area contributed by atoms with E-state index in [0.717, 1.165) is 0 Å². The highest BCUT2D eigenvalue weighted by atomic mass is 19.4. The van der Waals surface area contributed by atoms with Crippen molar-refractivity contribution in [2.45, 2.75) is 25.3 Å². The molecule has 1 amide bonds. The van der Waals surface area contributed by atoms with Crippen molar-refractivity contribution in [2.75, 3.05) is 7.05 Å². The van der Waals surface area contributed by atoms with E-state index in [1.165, 1.54) is 32.6 Å². The van der Waals surface area contributed by atoms with Gasteiger partial charge in [0.2, 0.25) is 0 Å². The summed E-state index contributed by atoms with van der Waals surface area (Å²) >= 11 is 0. The fraction of sp³-hybridized carbons (Fsp3) is 0.294. The van der Waals surface area contributed by atoms with Crippen LogP contribution in [0.2, 0.25) is 0 Å². The van der Waals surface area contributed by atoms with Crippen LogP contribution < -0.4 is 10.7 Å². The van der Waals surface area contributed by atoms with E-state index in [1.54, 1.807) is 0 Å². The van der Waals surface area contributed by atoms with Crippen molar-refractivity contribution in [3.05, 3.63) is 58.7 Å². The molecule has 29 heavy (non-hydrogen) atoms. The number of aromatic nitrogens is 2. The first kappa shape index (κ1) is 22.1. The van der Waals surface area contributed by atoms with Gasteiger partial charge >= 0.3 is 12.4 Å². The zero-order chi connectivity index (χ0) is 21.8. The summed E-state index contributed by atoms with van der Waals surface area (Å²) in [6.07, 6.45) is -6.12. The number of benzene rings is 1. The van der Waals surface area contributed by atoms with Gasteiger partial charge in [0.1, 0.15) is 5.69 Å². The van der Waals surface area contributed by atoms with E-state index in [4.69, 9.17) is 0 Å². The fourth-order valence-electron chi connectivity index (χ4n) is 2.35. The molecule has 0 aliphatic rings. The van der Waals surface area contributed by atoms with Gasteiger partial charge in [-0.1, -0.05) is 0 Å². The molecule has 1 unspecified atom stereocenters. The summed E-state index contributed by atoms with van der Waals surface area (Å²) in [6.45, 7) is 1.46. The summed E-state index contributed by atoms with van der Waals surface area (Å²) in [5.41, 5.74) is -0.964. The van der Waals surface area contributed by atoms with Crippen LogP contribution in [-0.4, -0.2) is 29.1 Å². The Kier molecular flexibility index (Phi) is 6.44. The van der Waals surface area contributed by atoms with Crippen LogP contribution >= 0.6 is 0 Å². The molecule has 2 N–H and O–H groups in total. The average Bonchev–Trinajstić information content (AvgIpc) is 2.64. The fourth-order valence-corrected chi connectivity index (χ4v) is 2.35. The van der Waals surface area contributed by atoms with E-state index in [1.807, 2.05) is 0 Å². The maximum absolute atomic E-state index is 13.0. The number of amides is 1. The Balaban J connectivity index is 2.37. The third-order valence-corrected chi connectivity index (χ3v) is 3.68.